The maximum atomic E-state index is 12.6. The van der Waals surface area contributed by atoms with E-state index < -0.39 is 48.6 Å². The number of aliphatic carboxylic acids is 1. The molecule has 0 saturated heterocycles. The molecule has 0 spiro atoms. The van der Waals surface area contributed by atoms with E-state index in [-0.39, 0.29) is 57.9 Å². The number of anilines is 1. The van der Waals surface area contributed by atoms with Crippen LogP contribution in [0.4, 0.5) is 5.69 Å². The van der Waals surface area contributed by atoms with E-state index in [4.69, 9.17) is 23.2 Å². The monoisotopic (exact) mass is 593 g/mol. The maximum absolute atomic E-state index is 12.6. The van der Waals surface area contributed by atoms with Crippen LogP contribution < -0.4 is 21.3 Å². The molecule has 2 aromatic rings. The van der Waals surface area contributed by atoms with Crippen LogP contribution in [0.3, 0.4) is 0 Å². The zero-order chi connectivity index (χ0) is 26.4. The first-order chi connectivity index (χ1) is 17.0. The number of hydrogen-bond acceptors (Lipinski definition) is 9. The van der Waals surface area contributed by atoms with Crippen molar-refractivity contribution in [2.45, 2.75) is 18.6 Å². The van der Waals surface area contributed by atoms with E-state index in [1.54, 1.807) is 0 Å². The Balaban J connectivity index is 0.00000361. The van der Waals surface area contributed by atoms with E-state index in [2.05, 4.69) is 26.3 Å². The second-order valence-corrected chi connectivity index (χ2v) is 8.69. The summed E-state index contributed by atoms with van der Waals surface area (Å²) in [5, 5.41) is 49.5. The molecule has 1 aliphatic heterocycles. The predicted molar refractivity (Wildman–Crippen MR) is 142 cm³/mol. The summed E-state index contributed by atoms with van der Waals surface area (Å²) in [5.74, 6) is -3.00. The number of β-amino-alcohol motifs (C(OH)–C–C–N with tert-alkyl or cyclic N) is 1. The minimum absolute atomic E-state index is 0. The van der Waals surface area contributed by atoms with Gasteiger partial charge in [-0.1, -0.05) is 23.2 Å². The number of carbonyl (C=O) groups is 3. The smallest absolute Gasteiger partial charge is 0.305 e. The molecule has 0 aliphatic carbocycles. The quantitative estimate of drug-likeness (QED) is 0.216. The third kappa shape index (κ3) is 9.11. The summed E-state index contributed by atoms with van der Waals surface area (Å²) in [5.41, 5.74) is 0.371. The fourth-order valence-corrected chi connectivity index (χ4v) is 3.85. The number of nitrogens with one attached hydrogen (secondary N) is 4. The Morgan fingerprint density at radius 1 is 1.13 bits per heavy atom. The van der Waals surface area contributed by atoms with Gasteiger partial charge in [0.1, 0.15) is 11.5 Å². The molecule has 2 atom stereocenters. The number of rotatable bonds is 8. The van der Waals surface area contributed by atoms with Gasteiger partial charge in [-0.3, -0.25) is 19.4 Å². The van der Waals surface area contributed by atoms with Gasteiger partial charge in [0.25, 0.3) is 5.91 Å². The average Bonchev–Trinajstić information content (AvgIpc) is 2.80. The molecule has 0 fully saturated rings. The number of aliphatic hydroxyl groups is 1. The third-order valence-electron chi connectivity index (χ3n) is 4.96. The van der Waals surface area contributed by atoms with Gasteiger partial charge in [-0.15, -0.1) is 12.4 Å². The SMILES string of the molecule is Cl.O.O=C(O)C[C@H](NC(=O)CNC(=O)c1cc(O)cc(NC2=NCC(O)CN2)c1)c1cc(Cl)cc(Cl)c1O. The van der Waals surface area contributed by atoms with Crippen molar-refractivity contribution < 1.29 is 40.3 Å². The van der Waals surface area contributed by atoms with Crippen molar-refractivity contribution in [1.82, 2.24) is 16.0 Å². The zero-order valence-corrected chi connectivity index (χ0v) is 21.8. The van der Waals surface area contributed by atoms with Crippen molar-refractivity contribution in [1.29, 1.82) is 0 Å². The first-order valence-electron chi connectivity index (χ1n) is 10.6. The Hall–Kier alpha value is -3.49. The molecule has 16 heteroatoms. The fourth-order valence-electron chi connectivity index (χ4n) is 3.34. The van der Waals surface area contributed by atoms with E-state index >= 15 is 0 Å². The first kappa shape index (κ1) is 32.5. The molecule has 0 aromatic heterocycles. The summed E-state index contributed by atoms with van der Waals surface area (Å²) in [6.07, 6.45) is -1.19. The largest absolute Gasteiger partial charge is 0.508 e. The Morgan fingerprint density at radius 3 is 2.47 bits per heavy atom. The van der Waals surface area contributed by atoms with Crippen molar-refractivity contribution in [3.05, 3.63) is 51.5 Å². The van der Waals surface area contributed by atoms with Gasteiger partial charge < -0.3 is 47.2 Å². The van der Waals surface area contributed by atoms with Crippen LogP contribution in [-0.4, -0.2) is 75.4 Å². The number of nitrogens with zero attached hydrogens (tertiary/aromatic N) is 1. The highest BCUT2D eigenvalue weighted by molar-refractivity contribution is 6.35. The molecule has 2 amide bonds. The number of benzene rings is 2. The van der Waals surface area contributed by atoms with Gasteiger partial charge in [0.05, 0.1) is 36.7 Å². The highest BCUT2D eigenvalue weighted by atomic mass is 35.5. The van der Waals surface area contributed by atoms with Crippen LogP contribution in [0.2, 0.25) is 10.0 Å². The summed E-state index contributed by atoms with van der Waals surface area (Å²) in [6, 6.07) is 5.34. The summed E-state index contributed by atoms with van der Waals surface area (Å²) in [7, 11) is 0. The van der Waals surface area contributed by atoms with Gasteiger partial charge in [-0.2, -0.15) is 0 Å². The van der Waals surface area contributed by atoms with Crippen LogP contribution in [0.5, 0.6) is 11.5 Å². The van der Waals surface area contributed by atoms with Crippen molar-refractivity contribution in [2.24, 2.45) is 4.99 Å². The number of aliphatic hydroxyl groups excluding tert-OH is 1. The molecule has 0 saturated carbocycles. The molecule has 10 N–H and O–H groups in total. The summed E-state index contributed by atoms with van der Waals surface area (Å²) < 4.78 is 0. The molecule has 1 heterocycles. The lowest BCUT2D eigenvalue weighted by Crippen LogP contribution is -2.42. The minimum atomic E-state index is -1.26. The number of halogens is 3. The number of carbonyl (C=O) groups excluding carboxylic acids is 2. The summed E-state index contributed by atoms with van der Waals surface area (Å²) in [6.45, 7) is -0.0532. The maximum Gasteiger partial charge on any atom is 0.305 e. The Labute approximate surface area is 232 Å². The summed E-state index contributed by atoms with van der Waals surface area (Å²) in [4.78, 5) is 40.5. The fraction of sp³-hybridized carbons (Fsp3) is 0.273. The van der Waals surface area contributed by atoms with Gasteiger partial charge in [0, 0.05) is 34.4 Å². The highest BCUT2D eigenvalue weighted by Gasteiger charge is 2.23. The summed E-state index contributed by atoms with van der Waals surface area (Å²) >= 11 is 11.8. The van der Waals surface area contributed by atoms with Gasteiger partial charge >= 0.3 is 5.97 Å². The number of hydrogen-bond donors (Lipinski definition) is 8. The second kappa shape index (κ2) is 14.4. The van der Waals surface area contributed by atoms with E-state index in [1.165, 1.54) is 30.3 Å². The molecule has 208 valence electrons. The van der Waals surface area contributed by atoms with Gasteiger partial charge in [-0.25, -0.2) is 0 Å². The Morgan fingerprint density at radius 2 is 1.84 bits per heavy atom. The number of aromatic hydroxyl groups is 2. The van der Waals surface area contributed by atoms with E-state index in [0.29, 0.717) is 11.6 Å². The van der Waals surface area contributed by atoms with Crippen LogP contribution in [0.1, 0.15) is 28.4 Å². The standard InChI is InChI=1S/C22H23Cl2N5O7.ClH.H2O/c23-11-3-15(20(35)16(24)4-11)17(6-19(33)34)29-18(32)9-25-21(36)10-1-12(5-13(30)2-10)28-22-26-7-14(31)8-27-22;;/h1-5,14,17,30-31,35H,6-9H2,(H,25,36)(H,29,32)(H,33,34)(H2,26,27,28);1H;1H2/t17-;;/m0../s1. The average molecular weight is 595 g/mol. The molecule has 38 heavy (non-hydrogen) atoms. The van der Waals surface area contributed by atoms with Crippen molar-refractivity contribution in [3.8, 4) is 11.5 Å². The topological polar surface area (TPSA) is 224 Å². The van der Waals surface area contributed by atoms with Gasteiger partial charge in [0.15, 0.2) is 5.96 Å². The lowest BCUT2D eigenvalue weighted by molar-refractivity contribution is -0.137. The lowest BCUT2D eigenvalue weighted by Gasteiger charge is -2.20. The lowest BCUT2D eigenvalue weighted by atomic mass is 10.0. The van der Waals surface area contributed by atoms with Crippen molar-refractivity contribution in [2.75, 3.05) is 25.0 Å². The Kier molecular flexibility index (Phi) is 12.4. The molecule has 2 aromatic carbocycles. The van der Waals surface area contributed by atoms with Crippen LogP contribution in [0.25, 0.3) is 0 Å². The molecular formula is C22H26Cl3N5O8. The highest BCUT2D eigenvalue weighted by Crippen LogP contribution is 2.36. The minimum Gasteiger partial charge on any atom is -0.508 e. The predicted octanol–water partition coefficient (Wildman–Crippen LogP) is 0.796. The third-order valence-corrected chi connectivity index (χ3v) is 5.47. The molecular weight excluding hydrogens is 569 g/mol. The second-order valence-electron chi connectivity index (χ2n) is 7.84. The molecule has 0 bridgehead atoms. The first-order valence-corrected chi connectivity index (χ1v) is 11.3. The zero-order valence-electron chi connectivity index (χ0n) is 19.5. The molecule has 1 unspecified atom stereocenters. The Bertz CT molecular complexity index is 1210. The van der Waals surface area contributed by atoms with Crippen molar-refractivity contribution >= 4 is 65.0 Å². The van der Waals surface area contributed by atoms with E-state index in [1.807, 2.05) is 0 Å². The number of guanidine groups is 1. The molecule has 1 aliphatic rings. The number of aliphatic imine (C=N–C) groups is 1. The van der Waals surface area contributed by atoms with Crippen LogP contribution >= 0.6 is 35.6 Å². The molecule has 13 nitrogen and oxygen atoms in total. The van der Waals surface area contributed by atoms with Gasteiger partial charge in [-0.05, 0) is 24.3 Å². The normalized spacial score (nSPS) is 14.9. The van der Waals surface area contributed by atoms with Crippen LogP contribution in [-0.2, 0) is 9.59 Å². The van der Waals surface area contributed by atoms with Gasteiger partial charge in [0.2, 0.25) is 5.91 Å². The number of amides is 2. The van der Waals surface area contributed by atoms with E-state index in [0.717, 1.165) is 0 Å². The van der Waals surface area contributed by atoms with Crippen LogP contribution in [0.15, 0.2) is 35.3 Å². The number of carboxylic acid groups (broad SMARTS) is 1. The number of phenolic OH excluding ortho intramolecular Hbond substituents is 2. The van der Waals surface area contributed by atoms with Crippen molar-refractivity contribution in [3.63, 3.8) is 0 Å². The molecule has 3 rings (SSSR count). The number of phenols is 2. The van der Waals surface area contributed by atoms with Crippen LogP contribution in [0, 0.1) is 0 Å². The van der Waals surface area contributed by atoms with E-state index in [9.17, 15) is 34.8 Å². The number of carboxylic acids is 1. The molecule has 0 radical (unpaired) electrons.